The zero-order valence-corrected chi connectivity index (χ0v) is 19.6. The molecule has 8 heteroatoms. The number of thioether (sulfide) groups is 1. The van der Waals surface area contributed by atoms with Crippen molar-refractivity contribution >= 4 is 34.6 Å². The van der Waals surface area contributed by atoms with E-state index in [1.54, 1.807) is 36.0 Å². The van der Waals surface area contributed by atoms with Crippen molar-refractivity contribution in [3.63, 3.8) is 0 Å². The number of hydrogen-bond donors (Lipinski definition) is 2. The lowest BCUT2D eigenvalue weighted by molar-refractivity contribution is -0.121. The van der Waals surface area contributed by atoms with Gasteiger partial charge in [0.1, 0.15) is 5.82 Å². The van der Waals surface area contributed by atoms with Gasteiger partial charge < -0.3 is 15.2 Å². The van der Waals surface area contributed by atoms with Gasteiger partial charge in [0.25, 0.3) is 5.91 Å². The van der Waals surface area contributed by atoms with E-state index < -0.39 is 0 Å². The van der Waals surface area contributed by atoms with Crippen LogP contribution in [-0.2, 0) is 17.1 Å². The maximum atomic E-state index is 13.0. The van der Waals surface area contributed by atoms with Crippen molar-refractivity contribution in [1.29, 1.82) is 0 Å². The van der Waals surface area contributed by atoms with E-state index in [0.717, 1.165) is 33.1 Å². The molecule has 0 aliphatic carbocycles. The summed E-state index contributed by atoms with van der Waals surface area (Å²) < 4.78 is 13.0. The third-order valence-electron chi connectivity index (χ3n) is 5.35. The average Bonchev–Trinajstić information content (AvgIpc) is 3.29. The zero-order chi connectivity index (χ0) is 23.9. The molecule has 0 aliphatic heterocycles. The van der Waals surface area contributed by atoms with Crippen LogP contribution in [0, 0.1) is 5.82 Å². The Balaban J connectivity index is 1.29. The molecular weight excluding hydrogens is 451 g/mol. The summed E-state index contributed by atoms with van der Waals surface area (Å²) in [4.78, 5) is 34.6. The van der Waals surface area contributed by atoms with Crippen LogP contribution in [-0.4, -0.2) is 39.8 Å². The minimum atomic E-state index is -0.322. The molecule has 3 aromatic carbocycles. The van der Waals surface area contributed by atoms with Crippen LogP contribution in [0.15, 0.2) is 78.0 Å². The first-order chi connectivity index (χ1) is 16.5. The van der Waals surface area contributed by atoms with Gasteiger partial charge in [-0.3, -0.25) is 9.59 Å². The first kappa shape index (κ1) is 23.5. The van der Waals surface area contributed by atoms with Crippen LogP contribution in [0.25, 0.3) is 11.0 Å². The molecule has 2 amide bonds. The topological polar surface area (TPSA) is 78.1 Å². The van der Waals surface area contributed by atoms with Gasteiger partial charge in [-0.15, -0.1) is 0 Å². The van der Waals surface area contributed by atoms with E-state index in [1.165, 1.54) is 17.0 Å². The number of aromatic amines is 1. The molecule has 0 radical (unpaired) electrons. The summed E-state index contributed by atoms with van der Waals surface area (Å²) in [6, 6.07) is 21.3. The summed E-state index contributed by atoms with van der Waals surface area (Å²) in [7, 11) is 0. The Morgan fingerprint density at radius 2 is 1.71 bits per heavy atom. The number of carbonyl (C=O) groups excluding carboxylic acids is 2. The molecule has 2 N–H and O–H groups in total. The molecule has 0 saturated heterocycles. The summed E-state index contributed by atoms with van der Waals surface area (Å²) in [5, 5.41) is 3.63. The van der Waals surface area contributed by atoms with Gasteiger partial charge in [-0.1, -0.05) is 48.2 Å². The van der Waals surface area contributed by atoms with E-state index in [2.05, 4.69) is 15.3 Å². The molecule has 0 spiro atoms. The summed E-state index contributed by atoms with van der Waals surface area (Å²) in [6.07, 6.45) is 0. The Hall–Kier alpha value is -3.65. The molecule has 0 fully saturated rings. The Labute approximate surface area is 201 Å². The van der Waals surface area contributed by atoms with Crippen LogP contribution < -0.4 is 5.32 Å². The van der Waals surface area contributed by atoms with Crippen molar-refractivity contribution < 1.29 is 14.0 Å². The molecule has 0 bridgehead atoms. The van der Waals surface area contributed by atoms with E-state index in [0.29, 0.717) is 12.1 Å². The second-order valence-electron chi connectivity index (χ2n) is 7.77. The summed E-state index contributed by atoms with van der Waals surface area (Å²) in [6.45, 7) is 2.48. The molecule has 4 rings (SSSR count). The minimum absolute atomic E-state index is 0.0415. The minimum Gasteiger partial charge on any atom is -0.350 e. The first-order valence-electron chi connectivity index (χ1n) is 11.0. The molecule has 4 aromatic rings. The number of rotatable bonds is 9. The van der Waals surface area contributed by atoms with Crippen molar-refractivity contribution in [3.8, 4) is 0 Å². The molecule has 1 aromatic heterocycles. The number of benzene rings is 3. The number of hydrogen-bond acceptors (Lipinski definition) is 4. The number of imidazole rings is 1. The predicted octanol–water partition coefficient (Wildman–Crippen LogP) is 4.77. The number of likely N-dealkylation sites (N-methyl/N-ethyl adjacent to an activating group) is 1. The highest BCUT2D eigenvalue weighted by molar-refractivity contribution is 7.98. The third kappa shape index (κ3) is 6.02. The number of H-pyrrole nitrogens is 1. The van der Waals surface area contributed by atoms with Crippen LogP contribution >= 0.6 is 11.8 Å². The van der Waals surface area contributed by atoms with E-state index in [1.807, 2.05) is 43.3 Å². The van der Waals surface area contributed by atoms with E-state index >= 15 is 0 Å². The van der Waals surface area contributed by atoms with Gasteiger partial charge in [-0.05, 0) is 54.4 Å². The van der Waals surface area contributed by atoms with Crippen LogP contribution in [0.5, 0.6) is 0 Å². The number of amides is 2. The fraction of sp³-hybridized carbons (Fsp3) is 0.192. The normalized spacial score (nSPS) is 10.9. The van der Waals surface area contributed by atoms with Crippen LogP contribution in [0.2, 0.25) is 0 Å². The van der Waals surface area contributed by atoms with Crippen molar-refractivity contribution in [2.45, 2.75) is 24.4 Å². The Morgan fingerprint density at radius 1 is 1.00 bits per heavy atom. The predicted molar refractivity (Wildman–Crippen MR) is 132 cm³/mol. The SMILES string of the molecule is CCN(CC(=O)NCc1ccc(F)cc1)C(=O)c1ccc(CSc2nc3ccccc3[nH]2)cc1. The largest absolute Gasteiger partial charge is 0.350 e. The lowest BCUT2D eigenvalue weighted by atomic mass is 10.1. The number of aromatic nitrogens is 2. The summed E-state index contributed by atoms with van der Waals surface area (Å²) >= 11 is 1.60. The van der Waals surface area contributed by atoms with Crippen LogP contribution in [0.4, 0.5) is 4.39 Å². The monoisotopic (exact) mass is 476 g/mol. The third-order valence-corrected chi connectivity index (χ3v) is 6.29. The number of carbonyl (C=O) groups is 2. The average molecular weight is 477 g/mol. The van der Waals surface area contributed by atoms with Gasteiger partial charge in [0.05, 0.1) is 17.6 Å². The highest BCUT2D eigenvalue weighted by Gasteiger charge is 2.17. The maximum absolute atomic E-state index is 13.0. The number of nitrogens with zero attached hydrogens (tertiary/aromatic N) is 2. The molecule has 0 saturated carbocycles. The molecule has 0 aliphatic rings. The maximum Gasteiger partial charge on any atom is 0.254 e. The van der Waals surface area contributed by atoms with Gasteiger partial charge in [0, 0.05) is 24.4 Å². The summed E-state index contributed by atoms with van der Waals surface area (Å²) in [5.74, 6) is -0.0660. The smallest absolute Gasteiger partial charge is 0.254 e. The van der Waals surface area contributed by atoms with E-state index in [4.69, 9.17) is 0 Å². The zero-order valence-electron chi connectivity index (χ0n) is 18.8. The van der Waals surface area contributed by atoms with Crippen LogP contribution in [0.3, 0.4) is 0 Å². The second-order valence-corrected chi connectivity index (χ2v) is 8.73. The molecular formula is C26H25FN4O2S. The molecule has 1 heterocycles. The summed E-state index contributed by atoms with van der Waals surface area (Å²) in [5.41, 5.74) is 4.34. The number of halogens is 1. The van der Waals surface area contributed by atoms with E-state index in [-0.39, 0.29) is 30.7 Å². The van der Waals surface area contributed by atoms with Crippen LogP contribution in [0.1, 0.15) is 28.4 Å². The van der Waals surface area contributed by atoms with Gasteiger partial charge in [0.15, 0.2) is 5.16 Å². The molecule has 174 valence electrons. The molecule has 6 nitrogen and oxygen atoms in total. The Morgan fingerprint density at radius 3 is 2.41 bits per heavy atom. The van der Waals surface area contributed by atoms with Crippen molar-refractivity contribution in [1.82, 2.24) is 20.2 Å². The number of fused-ring (bicyclic) bond motifs is 1. The quantitative estimate of drug-likeness (QED) is 0.341. The van der Waals surface area contributed by atoms with Crippen molar-refractivity contribution in [2.75, 3.05) is 13.1 Å². The standard InChI is InChI=1S/C26H25FN4O2S/c1-2-31(16-24(32)28-15-18-9-13-21(27)14-10-18)25(33)20-11-7-19(8-12-20)17-34-26-29-22-5-3-4-6-23(22)30-26/h3-14H,2,15-17H2,1H3,(H,28,32)(H,29,30). The molecule has 0 unspecified atom stereocenters. The highest BCUT2D eigenvalue weighted by atomic mass is 32.2. The van der Waals surface area contributed by atoms with Crippen molar-refractivity contribution in [2.24, 2.45) is 0 Å². The van der Waals surface area contributed by atoms with Crippen molar-refractivity contribution in [3.05, 3.63) is 95.3 Å². The highest BCUT2D eigenvalue weighted by Crippen LogP contribution is 2.23. The Bertz CT molecular complexity index is 1240. The van der Waals surface area contributed by atoms with Gasteiger partial charge in [0.2, 0.25) is 5.91 Å². The first-order valence-corrected chi connectivity index (χ1v) is 12.0. The van der Waals surface area contributed by atoms with E-state index in [9.17, 15) is 14.0 Å². The molecule has 34 heavy (non-hydrogen) atoms. The second kappa shape index (κ2) is 11.0. The lowest BCUT2D eigenvalue weighted by Gasteiger charge is -2.20. The lowest BCUT2D eigenvalue weighted by Crippen LogP contribution is -2.40. The van der Waals surface area contributed by atoms with Gasteiger partial charge in [-0.2, -0.15) is 0 Å². The Kier molecular flexibility index (Phi) is 7.59. The molecule has 0 atom stereocenters. The fourth-order valence-electron chi connectivity index (χ4n) is 3.43. The number of nitrogens with one attached hydrogen (secondary N) is 2. The number of para-hydroxylation sites is 2. The fourth-order valence-corrected chi connectivity index (χ4v) is 4.28. The van der Waals surface area contributed by atoms with Gasteiger partial charge in [-0.25, -0.2) is 9.37 Å². The van der Waals surface area contributed by atoms with Gasteiger partial charge >= 0.3 is 0 Å².